The second-order valence-corrected chi connectivity index (χ2v) is 6.94. The topological polar surface area (TPSA) is 76.0 Å². The van der Waals surface area contributed by atoms with Crippen LogP contribution in [-0.2, 0) is 9.31 Å². The van der Waals surface area contributed by atoms with Crippen molar-refractivity contribution in [3.63, 3.8) is 0 Å². The number of hydrogen-bond acceptors (Lipinski definition) is 4. The highest BCUT2D eigenvalue weighted by atomic mass is 35.5. The van der Waals surface area contributed by atoms with Crippen LogP contribution < -0.4 is 0 Å². The molecule has 0 radical (unpaired) electrons. The van der Waals surface area contributed by atoms with Crippen molar-refractivity contribution in [3.05, 3.63) is 39.8 Å². The summed E-state index contributed by atoms with van der Waals surface area (Å²) in [6, 6.07) is 4.56. The maximum absolute atomic E-state index is 11.4. The van der Waals surface area contributed by atoms with Crippen molar-refractivity contribution in [2.24, 2.45) is 0 Å². The largest absolute Gasteiger partial charge is 0.492 e. The molecule has 124 valence electrons. The summed E-state index contributed by atoms with van der Waals surface area (Å²) in [4.78, 5) is 11.4. The predicted octanol–water partition coefficient (Wildman–Crippen LogP) is 3.05. The van der Waals surface area contributed by atoms with E-state index >= 15 is 0 Å². The van der Waals surface area contributed by atoms with Crippen LogP contribution in [-0.4, -0.2) is 41.1 Å². The van der Waals surface area contributed by atoms with Gasteiger partial charge in [-0.2, -0.15) is 0 Å². The zero-order chi connectivity index (χ0) is 17.4. The van der Waals surface area contributed by atoms with Gasteiger partial charge in [0.15, 0.2) is 0 Å². The van der Waals surface area contributed by atoms with E-state index in [9.17, 15) is 15.0 Å². The fourth-order valence-electron chi connectivity index (χ4n) is 2.22. The first-order valence-electron chi connectivity index (χ1n) is 7.27. The molecule has 1 heterocycles. The Morgan fingerprint density at radius 3 is 2.30 bits per heavy atom. The molecule has 1 aliphatic rings. The van der Waals surface area contributed by atoms with E-state index in [0.717, 1.165) is 0 Å². The Morgan fingerprint density at radius 2 is 1.83 bits per heavy atom. The zero-order valence-corrected chi connectivity index (χ0v) is 14.3. The number of benzene rings is 1. The lowest BCUT2D eigenvalue weighted by atomic mass is 9.77. The Hall–Kier alpha value is -1.34. The molecule has 2 rings (SSSR count). The minimum Gasteiger partial charge on any atom is -0.478 e. The van der Waals surface area contributed by atoms with Crippen molar-refractivity contribution in [2.75, 3.05) is 6.61 Å². The lowest BCUT2D eigenvalue weighted by molar-refractivity contribution is 0.00578. The molecular weight excluding hydrogens is 318 g/mol. The molecule has 1 fully saturated rings. The minimum absolute atomic E-state index is 0.0555. The van der Waals surface area contributed by atoms with Crippen molar-refractivity contribution in [1.29, 1.82) is 0 Å². The molecule has 1 aliphatic heterocycles. The van der Waals surface area contributed by atoms with E-state index in [1.807, 2.05) is 27.7 Å². The van der Waals surface area contributed by atoms with Crippen LogP contribution in [0.4, 0.5) is 0 Å². The third kappa shape index (κ3) is 3.61. The van der Waals surface area contributed by atoms with Gasteiger partial charge in [-0.3, -0.25) is 0 Å². The number of hydrogen-bond donors (Lipinski definition) is 2. The summed E-state index contributed by atoms with van der Waals surface area (Å²) in [5, 5.41) is 19.3. The van der Waals surface area contributed by atoms with E-state index in [0.29, 0.717) is 16.1 Å². The van der Waals surface area contributed by atoms with E-state index in [2.05, 4.69) is 0 Å². The molecule has 0 aromatic heterocycles. The molecule has 2 N–H and O–H groups in total. The first-order chi connectivity index (χ1) is 10.6. The molecule has 0 amide bonds. The number of carboxylic acids is 1. The second kappa shape index (κ2) is 6.28. The van der Waals surface area contributed by atoms with Crippen molar-refractivity contribution >= 4 is 30.8 Å². The lowest BCUT2D eigenvalue weighted by Gasteiger charge is -2.32. The fourth-order valence-corrected chi connectivity index (χ4v) is 2.39. The van der Waals surface area contributed by atoms with Gasteiger partial charge in [0, 0.05) is 5.02 Å². The Balaban J connectivity index is 2.40. The van der Waals surface area contributed by atoms with E-state index < -0.39 is 24.3 Å². The standard InChI is InChI=1S/C16H20BClO5/c1-15(2)16(3,4)23-17(22-15)11(9-19)7-10-5-6-12(18)8-13(10)14(20)21/h5-8,19H,9H2,1-4H3,(H,20,21). The van der Waals surface area contributed by atoms with Gasteiger partial charge in [0.1, 0.15) is 0 Å². The van der Waals surface area contributed by atoms with E-state index in [1.54, 1.807) is 18.2 Å². The first-order valence-corrected chi connectivity index (χ1v) is 7.65. The highest BCUT2D eigenvalue weighted by molar-refractivity contribution is 6.55. The number of carboxylic acid groups (broad SMARTS) is 1. The summed E-state index contributed by atoms with van der Waals surface area (Å²) in [7, 11) is -0.734. The van der Waals surface area contributed by atoms with Crippen LogP contribution in [0.3, 0.4) is 0 Å². The minimum atomic E-state index is -1.09. The summed E-state index contributed by atoms with van der Waals surface area (Å²) in [6.07, 6.45) is 1.57. The van der Waals surface area contributed by atoms with Gasteiger partial charge in [-0.15, -0.1) is 0 Å². The van der Waals surface area contributed by atoms with Gasteiger partial charge in [0.05, 0.1) is 23.4 Å². The number of aliphatic hydroxyl groups is 1. The quantitative estimate of drug-likeness (QED) is 0.825. The van der Waals surface area contributed by atoms with Crippen LogP contribution in [0.5, 0.6) is 0 Å². The SMILES string of the molecule is CC1(C)OB(C(=Cc2ccc(Cl)cc2C(=O)O)CO)OC1(C)C. The van der Waals surface area contributed by atoms with Crippen LogP contribution in [0.15, 0.2) is 23.7 Å². The number of aromatic carboxylic acids is 1. The number of rotatable bonds is 4. The molecule has 7 heteroatoms. The number of carbonyl (C=O) groups is 1. The fraction of sp³-hybridized carbons (Fsp3) is 0.438. The van der Waals surface area contributed by atoms with E-state index in [-0.39, 0.29) is 12.2 Å². The summed E-state index contributed by atoms with van der Waals surface area (Å²) in [5.74, 6) is -1.09. The van der Waals surface area contributed by atoms with Gasteiger partial charge in [0.25, 0.3) is 0 Å². The smallest absolute Gasteiger partial charge is 0.478 e. The molecule has 0 saturated carbocycles. The Kier molecular flexibility index (Phi) is 4.92. The lowest BCUT2D eigenvalue weighted by Crippen LogP contribution is -2.41. The van der Waals surface area contributed by atoms with Crippen LogP contribution >= 0.6 is 11.6 Å². The molecule has 1 saturated heterocycles. The Labute approximate surface area is 141 Å². The number of halogens is 1. The summed E-state index contributed by atoms with van der Waals surface area (Å²) < 4.78 is 11.8. The van der Waals surface area contributed by atoms with Crippen molar-refractivity contribution in [3.8, 4) is 0 Å². The molecule has 0 bridgehead atoms. The molecule has 23 heavy (non-hydrogen) atoms. The summed E-state index contributed by atoms with van der Waals surface area (Å²) >= 11 is 5.85. The third-order valence-electron chi connectivity index (χ3n) is 4.33. The maximum Gasteiger partial charge on any atom is 0.492 e. The Bertz CT molecular complexity index is 638. The zero-order valence-electron chi connectivity index (χ0n) is 13.6. The van der Waals surface area contributed by atoms with Crippen LogP contribution in [0.1, 0.15) is 43.6 Å². The molecule has 0 spiro atoms. The van der Waals surface area contributed by atoms with Crippen LogP contribution in [0.2, 0.25) is 5.02 Å². The number of aliphatic hydroxyl groups excluding tert-OH is 1. The molecule has 0 atom stereocenters. The third-order valence-corrected chi connectivity index (χ3v) is 4.56. The van der Waals surface area contributed by atoms with Crippen LogP contribution in [0.25, 0.3) is 6.08 Å². The van der Waals surface area contributed by atoms with Crippen LogP contribution in [0, 0.1) is 0 Å². The van der Waals surface area contributed by atoms with Gasteiger partial charge in [-0.1, -0.05) is 23.7 Å². The van der Waals surface area contributed by atoms with Gasteiger partial charge >= 0.3 is 13.1 Å². The monoisotopic (exact) mass is 338 g/mol. The molecule has 0 aliphatic carbocycles. The van der Waals surface area contributed by atoms with E-state index in [1.165, 1.54) is 6.07 Å². The summed E-state index contributed by atoms with van der Waals surface area (Å²) in [5.41, 5.74) is -0.141. The predicted molar refractivity (Wildman–Crippen MR) is 89.6 cm³/mol. The highest BCUT2D eigenvalue weighted by Crippen LogP contribution is 2.38. The maximum atomic E-state index is 11.4. The molecular formula is C16H20BClO5. The molecule has 1 aromatic rings. The van der Waals surface area contributed by atoms with Crippen molar-refractivity contribution < 1.29 is 24.3 Å². The van der Waals surface area contributed by atoms with Gasteiger partial charge in [-0.05, 0) is 50.9 Å². The van der Waals surface area contributed by atoms with E-state index in [4.69, 9.17) is 20.9 Å². The Morgan fingerprint density at radius 1 is 1.26 bits per heavy atom. The highest BCUT2D eigenvalue weighted by Gasteiger charge is 2.52. The average Bonchev–Trinajstić information content (AvgIpc) is 2.65. The van der Waals surface area contributed by atoms with Gasteiger partial charge in [0.2, 0.25) is 0 Å². The molecule has 1 aromatic carbocycles. The van der Waals surface area contributed by atoms with Gasteiger partial charge in [-0.25, -0.2) is 4.79 Å². The average molecular weight is 339 g/mol. The molecule has 5 nitrogen and oxygen atoms in total. The van der Waals surface area contributed by atoms with Crippen molar-refractivity contribution in [2.45, 2.75) is 38.9 Å². The summed E-state index contributed by atoms with van der Waals surface area (Å²) in [6.45, 7) is 7.33. The second-order valence-electron chi connectivity index (χ2n) is 6.50. The normalized spacial score (nSPS) is 19.9. The molecule has 0 unspecified atom stereocenters. The first kappa shape index (κ1) is 18.0. The van der Waals surface area contributed by atoms with Gasteiger partial charge < -0.3 is 19.5 Å². The van der Waals surface area contributed by atoms with Crippen molar-refractivity contribution in [1.82, 2.24) is 0 Å².